The van der Waals surface area contributed by atoms with Gasteiger partial charge in [-0.15, -0.1) is 12.4 Å². The van der Waals surface area contributed by atoms with Gasteiger partial charge in [0, 0.05) is 13.6 Å². The molecule has 1 fully saturated rings. The first-order valence-electron chi connectivity index (χ1n) is 4.63. The summed E-state index contributed by atoms with van der Waals surface area (Å²) < 4.78 is 0. The van der Waals surface area contributed by atoms with E-state index in [0.29, 0.717) is 10.0 Å². The number of hydrogen-bond donors (Lipinski definition) is 2. The topological polar surface area (TPSA) is 36.4 Å². The largest absolute Gasteiger partial charge is 0.354 e. The normalized spacial score (nSPS) is 21.2. The van der Waals surface area contributed by atoms with Gasteiger partial charge >= 0.3 is 0 Å². The maximum absolute atomic E-state index is 5.95. The van der Waals surface area contributed by atoms with Gasteiger partial charge in [-0.2, -0.15) is 0 Å². The number of hydrogen-bond acceptors (Lipinski definition) is 1. The molecule has 1 heterocycles. The number of nitrogens with zero attached hydrogens (tertiary/aromatic N) is 1. The summed E-state index contributed by atoms with van der Waals surface area (Å²) in [5.74, 6) is 0.811. The van der Waals surface area contributed by atoms with Gasteiger partial charge in [-0.25, -0.2) is 0 Å². The van der Waals surface area contributed by atoms with Crippen LogP contribution in [-0.4, -0.2) is 19.6 Å². The standard InChI is InChI=1S/C10H11Cl2N3.ClH/c1-13-10-14-5-9(15-10)6-2-3-7(11)8(12)4-6;/h2-4,9H,5H2,1H3,(H2,13,14,15);1H. The van der Waals surface area contributed by atoms with Gasteiger partial charge in [0.25, 0.3) is 0 Å². The Balaban J connectivity index is 0.00000128. The van der Waals surface area contributed by atoms with Crippen LogP contribution in [0.1, 0.15) is 11.6 Å². The third-order valence-corrected chi connectivity index (χ3v) is 3.09. The van der Waals surface area contributed by atoms with Gasteiger partial charge in [0.05, 0.1) is 16.1 Å². The zero-order valence-corrected chi connectivity index (χ0v) is 11.0. The minimum Gasteiger partial charge on any atom is -0.354 e. The fraction of sp³-hybridized carbons (Fsp3) is 0.300. The quantitative estimate of drug-likeness (QED) is 0.830. The van der Waals surface area contributed by atoms with Gasteiger partial charge in [0.2, 0.25) is 0 Å². The van der Waals surface area contributed by atoms with Crippen LogP contribution >= 0.6 is 35.6 Å². The molecule has 0 aromatic heterocycles. The third-order valence-electron chi connectivity index (χ3n) is 2.35. The SMILES string of the molecule is CN=C1NCC(c2ccc(Cl)c(Cl)c2)N1.Cl. The van der Waals surface area contributed by atoms with Crippen molar-refractivity contribution < 1.29 is 0 Å². The second kappa shape index (κ2) is 5.62. The lowest BCUT2D eigenvalue weighted by Gasteiger charge is -2.10. The van der Waals surface area contributed by atoms with Gasteiger partial charge in [0.1, 0.15) is 0 Å². The Morgan fingerprint density at radius 2 is 2.06 bits per heavy atom. The highest BCUT2D eigenvalue weighted by Crippen LogP contribution is 2.26. The van der Waals surface area contributed by atoms with Crippen molar-refractivity contribution in [3.05, 3.63) is 33.8 Å². The van der Waals surface area contributed by atoms with Gasteiger partial charge in [-0.05, 0) is 17.7 Å². The Kier molecular flexibility index (Phi) is 4.71. The summed E-state index contributed by atoms with van der Waals surface area (Å²) in [6.45, 7) is 0.810. The molecule has 0 aliphatic carbocycles. The van der Waals surface area contributed by atoms with E-state index in [1.807, 2.05) is 18.2 Å². The van der Waals surface area contributed by atoms with E-state index in [4.69, 9.17) is 23.2 Å². The minimum atomic E-state index is 0. The molecular weight excluding hydrogens is 268 g/mol. The van der Waals surface area contributed by atoms with Crippen molar-refractivity contribution >= 4 is 41.6 Å². The van der Waals surface area contributed by atoms with E-state index in [-0.39, 0.29) is 18.4 Å². The third kappa shape index (κ3) is 2.73. The van der Waals surface area contributed by atoms with Crippen LogP contribution in [0.15, 0.2) is 23.2 Å². The maximum atomic E-state index is 5.95. The Morgan fingerprint density at radius 3 is 2.62 bits per heavy atom. The molecule has 2 N–H and O–H groups in total. The predicted molar refractivity (Wildman–Crippen MR) is 70.9 cm³/mol. The number of rotatable bonds is 1. The molecule has 6 heteroatoms. The van der Waals surface area contributed by atoms with Crippen LogP contribution in [0, 0.1) is 0 Å². The lowest BCUT2D eigenvalue weighted by atomic mass is 10.1. The van der Waals surface area contributed by atoms with Gasteiger partial charge in [-0.3, -0.25) is 4.99 Å². The second-order valence-electron chi connectivity index (χ2n) is 3.32. The van der Waals surface area contributed by atoms with Gasteiger partial charge < -0.3 is 10.6 Å². The summed E-state index contributed by atoms with van der Waals surface area (Å²) in [6, 6.07) is 5.86. The zero-order valence-electron chi connectivity index (χ0n) is 8.63. The Morgan fingerprint density at radius 1 is 1.31 bits per heavy atom. The molecule has 0 saturated carbocycles. The van der Waals surface area contributed by atoms with Crippen molar-refractivity contribution in [3.63, 3.8) is 0 Å². The lowest BCUT2D eigenvalue weighted by molar-refractivity contribution is 0.706. The van der Waals surface area contributed by atoms with Crippen molar-refractivity contribution in [2.24, 2.45) is 4.99 Å². The Hall–Kier alpha value is -0.640. The van der Waals surface area contributed by atoms with Crippen LogP contribution in [0.4, 0.5) is 0 Å². The van der Waals surface area contributed by atoms with Crippen LogP contribution < -0.4 is 10.6 Å². The summed E-state index contributed by atoms with van der Waals surface area (Å²) >= 11 is 11.8. The molecule has 0 amide bonds. The summed E-state index contributed by atoms with van der Waals surface area (Å²) in [7, 11) is 1.74. The van der Waals surface area contributed by atoms with E-state index in [0.717, 1.165) is 18.1 Å². The number of guanidine groups is 1. The molecule has 1 aliphatic rings. The minimum absolute atomic E-state index is 0. The zero-order chi connectivity index (χ0) is 10.8. The van der Waals surface area contributed by atoms with Crippen molar-refractivity contribution in [3.8, 4) is 0 Å². The second-order valence-corrected chi connectivity index (χ2v) is 4.14. The molecule has 0 radical (unpaired) electrons. The van der Waals surface area contributed by atoms with Crippen molar-refractivity contribution in [1.82, 2.24) is 10.6 Å². The number of halogens is 3. The van der Waals surface area contributed by atoms with E-state index in [9.17, 15) is 0 Å². The summed E-state index contributed by atoms with van der Waals surface area (Å²) in [5, 5.41) is 7.55. The average molecular weight is 281 g/mol. The van der Waals surface area contributed by atoms with Gasteiger partial charge in [0.15, 0.2) is 5.96 Å². The van der Waals surface area contributed by atoms with E-state index in [1.165, 1.54) is 0 Å². The molecule has 16 heavy (non-hydrogen) atoms. The summed E-state index contributed by atoms with van der Waals surface area (Å²) in [5.41, 5.74) is 1.11. The maximum Gasteiger partial charge on any atom is 0.191 e. The van der Waals surface area contributed by atoms with Crippen LogP contribution in [0.2, 0.25) is 10.0 Å². The molecular formula is C10H12Cl3N3. The molecule has 2 rings (SSSR count). The molecule has 0 spiro atoms. The van der Waals surface area contributed by atoms with Crippen LogP contribution in [0.5, 0.6) is 0 Å². The fourth-order valence-corrected chi connectivity index (χ4v) is 1.85. The molecule has 3 nitrogen and oxygen atoms in total. The van der Waals surface area contributed by atoms with Crippen molar-refractivity contribution in [2.45, 2.75) is 6.04 Å². The predicted octanol–water partition coefficient (Wildman–Crippen LogP) is 2.63. The van der Waals surface area contributed by atoms with E-state index < -0.39 is 0 Å². The van der Waals surface area contributed by atoms with Gasteiger partial charge in [-0.1, -0.05) is 29.3 Å². The molecule has 1 aliphatic heterocycles. The molecule has 1 aromatic carbocycles. The van der Waals surface area contributed by atoms with Crippen LogP contribution in [-0.2, 0) is 0 Å². The Bertz CT molecular complexity index is 406. The average Bonchev–Trinajstić information content (AvgIpc) is 2.70. The molecule has 1 unspecified atom stereocenters. The van der Waals surface area contributed by atoms with Crippen LogP contribution in [0.25, 0.3) is 0 Å². The Labute approximate surface area is 111 Å². The fourth-order valence-electron chi connectivity index (χ4n) is 1.54. The van der Waals surface area contributed by atoms with Crippen LogP contribution in [0.3, 0.4) is 0 Å². The molecule has 1 aromatic rings. The smallest absolute Gasteiger partial charge is 0.191 e. The van der Waals surface area contributed by atoms with Crippen molar-refractivity contribution in [1.29, 1.82) is 0 Å². The first kappa shape index (κ1) is 13.4. The lowest BCUT2D eigenvalue weighted by Crippen LogP contribution is -2.24. The first-order valence-corrected chi connectivity index (χ1v) is 5.38. The highest BCUT2D eigenvalue weighted by Gasteiger charge is 2.20. The summed E-state index contributed by atoms with van der Waals surface area (Å²) in [4.78, 5) is 4.04. The van der Waals surface area contributed by atoms with E-state index >= 15 is 0 Å². The highest BCUT2D eigenvalue weighted by atomic mass is 35.5. The number of nitrogens with one attached hydrogen (secondary N) is 2. The monoisotopic (exact) mass is 279 g/mol. The van der Waals surface area contributed by atoms with E-state index in [2.05, 4.69) is 15.6 Å². The van der Waals surface area contributed by atoms with Crippen molar-refractivity contribution in [2.75, 3.05) is 13.6 Å². The molecule has 1 atom stereocenters. The molecule has 0 bridgehead atoms. The first-order chi connectivity index (χ1) is 7.20. The van der Waals surface area contributed by atoms with E-state index in [1.54, 1.807) is 7.05 Å². The molecule has 1 saturated heterocycles. The summed E-state index contributed by atoms with van der Waals surface area (Å²) in [6.07, 6.45) is 0. The highest BCUT2D eigenvalue weighted by molar-refractivity contribution is 6.42. The molecule has 88 valence electrons. The number of aliphatic imine (C=N–C) groups is 1. The number of benzene rings is 1.